The lowest BCUT2D eigenvalue weighted by molar-refractivity contribution is 0.0433. The van der Waals surface area contributed by atoms with Crippen LogP contribution in [0.4, 0.5) is 4.79 Å². The smallest absolute Gasteiger partial charge is 0.407 e. The van der Waals surface area contributed by atoms with Gasteiger partial charge in [0.05, 0.1) is 19.8 Å². The van der Waals surface area contributed by atoms with Crippen molar-refractivity contribution >= 4 is 13.7 Å². The Hall–Kier alpha value is -0.620. The predicted molar refractivity (Wildman–Crippen MR) is 89.7 cm³/mol. The van der Waals surface area contributed by atoms with Gasteiger partial charge in [0.1, 0.15) is 11.9 Å². The van der Waals surface area contributed by atoms with Crippen LogP contribution in [0.1, 0.15) is 48.5 Å². The molecule has 7 nitrogen and oxygen atoms in total. The van der Waals surface area contributed by atoms with Gasteiger partial charge in [0.25, 0.3) is 0 Å². The first-order valence-electron chi connectivity index (χ1n) is 7.86. The second-order valence-corrected chi connectivity index (χ2v) is 8.94. The standard InChI is InChI=1S/C15H32NO6P/c1-8-20-23(18,21-9-2)12-19-11-15(6,7)10-16-13(17)22-14(3,4)5/h8-12H2,1-7H3,(H,16,17). The Bertz CT molecular complexity index is 395. The van der Waals surface area contributed by atoms with Crippen LogP contribution in [0.25, 0.3) is 0 Å². The number of hydrogen-bond acceptors (Lipinski definition) is 6. The van der Waals surface area contributed by atoms with Gasteiger partial charge in [0.2, 0.25) is 0 Å². The van der Waals surface area contributed by atoms with Crippen molar-refractivity contribution in [3.05, 3.63) is 0 Å². The zero-order chi connectivity index (χ0) is 18.1. The number of nitrogens with one attached hydrogen (secondary N) is 1. The quantitative estimate of drug-likeness (QED) is 0.602. The maximum absolute atomic E-state index is 12.3. The molecule has 1 N–H and O–H groups in total. The summed E-state index contributed by atoms with van der Waals surface area (Å²) in [5.41, 5.74) is -0.882. The van der Waals surface area contributed by atoms with Crippen LogP contribution in [0.3, 0.4) is 0 Å². The molecule has 0 bridgehead atoms. The van der Waals surface area contributed by atoms with Crippen LogP contribution >= 0.6 is 7.60 Å². The molecule has 0 saturated carbocycles. The molecule has 0 heterocycles. The highest BCUT2D eigenvalue weighted by Crippen LogP contribution is 2.48. The third-order valence-electron chi connectivity index (χ3n) is 2.50. The summed E-state index contributed by atoms with van der Waals surface area (Å²) in [4.78, 5) is 11.7. The van der Waals surface area contributed by atoms with Crippen LogP contribution in [-0.2, 0) is 23.1 Å². The first kappa shape index (κ1) is 22.4. The molecule has 0 spiro atoms. The highest BCUT2D eigenvalue weighted by molar-refractivity contribution is 7.53. The molecule has 0 unspecified atom stereocenters. The number of rotatable bonds is 10. The maximum Gasteiger partial charge on any atom is 0.407 e. The molecule has 0 aromatic rings. The molecule has 0 rings (SSSR count). The van der Waals surface area contributed by atoms with E-state index in [2.05, 4.69) is 5.32 Å². The van der Waals surface area contributed by atoms with E-state index in [0.29, 0.717) is 26.4 Å². The summed E-state index contributed by atoms with van der Waals surface area (Å²) in [5, 5.41) is 2.70. The van der Waals surface area contributed by atoms with Gasteiger partial charge in [0, 0.05) is 12.0 Å². The highest BCUT2D eigenvalue weighted by atomic mass is 31.2. The van der Waals surface area contributed by atoms with E-state index in [9.17, 15) is 9.36 Å². The van der Waals surface area contributed by atoms with E-state index in [1.807, 2.05) is 13.8 Å². The van der Waals surface area contributed by atoms with E-state index in [0.717, 1.165) is 0 Å². The Labute approximate surface area is 139 Å². The van der Waals surface area contributed by atoms with Gasteiger partial charge in [-0.3, -0.25) is 4.57 Å². The van der Waals surface area contributed by atoms with Gasteiger partial charge in [-0.25, -0.2) is 4.79 Å². The maximum atomic E-state index is 12.3. The van der Waals surface area contributed by atoms with Gasteiger partial charge in [-0.15, -0.1) is 0 Å². The van der Waals surface area contributed by atoms with E-state index >= 15 is 0 Å². The summed E-state index contributed by atoms with van der Waals surface area (Å²) >= 11 is 0. The molecule has 0 radical (unpaired) electrons. The normalized spacial score (nSPS) is 13.0. The van der Waals surface area contributed by atoms with E-state index < -0.39 is 19.3 Å². The Kier molecular flexibility index (Phi) is 9.36. The fourth-order valence-electron chi connectivity index (χ4n) is 1.62. The Morgan fingerprint density at radius 2 is 1.57 bits per heavy atom. The van der Waals surface area contributed by atoms with Crippen LogP contribution < -0.4 is 5.32 Å². The van der Waals surface area contributed by atoms with Gasteiger partial charge >= 0.3 is 13.7 Å². The number of carbonyl (C=O) groups excluding carboxylic acids is 1. The SMILES string of the molecule is CCOP(=O)(COCC(C)(C)CNC(=O)OC(C)(C)C)OCC. The third-order valence-corrected chi connectivity index (χ3v) is 4.31. The van der Waals surface area contributed by atoms with Crippen molar-refractivity contribution in [2.45, 2.75) is 54.1 Å². The summed E-state index contributed by atoms with van der Waals surface area (Å²) < 4.78 is 33.3. The first-order valence-corrected chi connectivity index (χ1v) is 9.58. The Morgan fingerprint density at radius 1 is 1.04 bits per heavy atom. The van der Waals surface area contributed by atoms with Crippen molar-refractivity contribution in [2.24, 2.45) is 5.41 Å². The average Bonchev–Trinajstić information content (AvgIpc) is 2.35. The van der Waals surface area contributed by atoms with Gasteiger partial charge in [0.15, 0.2) is 0 Å². The minimum absolute atomic E-state index is 0.107. The minimum atomic E-state index is -3.21. The number of hydrogen-bond donors (Lipinski definition) is 1. The molecule has 0 aromatic carbocycles. The van der Waals surface area contributed by atoms with Crippen LogP contribution in [0.15, 0.2) is 0 Å². The number of alkyl carbamates (subject to hydrolysis) is 1. The second-order valence-electron chi connectivity index (χ2n) is 6.94. The largest absolute Gasteiger partial charge is 0.444 e. The summed E-state index contributed by atoms with van der Waals surface area (Å²) in [5.74, 6) is 0. The van der Waals surface area contributed by atoms with E-state index in [1.165, 1.54) is 0 Å². The van der Waals surface area contributed by atoms with Crippen molar-refractivity contribution in [1.82, 2.24) is 5.32 Å². The summed E-state index contributed by atoms with van der Waals surface area (Å²) in [7, 11) is -3.21. The van der Waals surface area contributed by atoms with Crippen molar-refractivity contribution in [3.63, 3.8) is 0 Å². The first-order chi connectivity index (χ1) is 10.4. The van der Waals surface area contributed by atoms with Crippen molar-refractivity contribution in [1.29, 1.82) is 0 Å². The lowest BCUT2D eigenvalue weighted by Gasteiger charge is -2.27. The average molecular weight is 353 g/mol. The van der Waals surface area contributed by atoms with Gasteiger partial charge in [-0.2, -0.15) is 0 Å². The topological polar surface area (TPSA) is 83.1 Å². The minimum Gasteiger partial charge on any atom is -0.444 e. The fraction of sp³-hybridized carbons (Fsp3) is 0.933. The molecule has 0 saturated heterocycles. The number of ether oxygens (including phenoxy) is 2. The van der Waals surface area contributed by atoms with E-state index in [4.69, 9.17) is 18.5 Å². The van der Waals surface area contributed by atoms with Gasteiger partial charge in [-0.05, 0) is 34.6 Å². The predicted octanol–water partition coefficient (Wildman–Crippen LogP) is 3.78. The lowest BCUT2D eigenvalue weighted by atomic mass is 9.95. The molecular formula is C15H32NO6P. The zero-order valence-electron chi connectivity index (χ0n) is 15.4. The van der Waals surface area contributed by atoms with Crippen LogP contribution in [0.2, 0.25) is 0 Å². The lowest BCUT2D eigenvalue weighted by Crippen LogP contribution is -2.39. The number of amides is 1. The third kappa shape index (κ3) is 11.5. The molecule has 0 aliphatic heterocycles. The van der Waals surface area contributed by atoms with Gasteiger partial charge in [-0.1, -0.05) is 13.8 Å². The zero-order valence-corrected chi connectivity index (χ0v) is 16.3. The molecule has 0 fully saturated rings. The van der Waals surface area contributed by atoms with Crippen molar-refractivity contribution in [2.75, 3.05) is 32.7 Å². The summed E-state index contributed by atoms with van der Waals surface area (Å²) in [6.45, 7) is 14.0. The van der Waals surface area contributed by atoms with Crippen LogP contribution in [0, 0.1) is 5.41 Å². The number of carbonyl (C=O) groups is 1. The molecule has 0 aliphatic rings. The summed E-state index contributed by atoms with van der Waals surface area (Å²) in [6.07, 6.45) is -0.579. The molecule has 0 aromatic heterocycles. The van der Waals surface area contributed by atoms with Crippen LogP contribution in [0.5, 0.6) is 0 Å². The fourth-order valence-corrected chi connectivity index (χ4v) is 2.94. The van der Waals surface area contributed by atoms with E-state index in [-0.39, 0.29) is 11.8 Å². The highest BCUT2D eigenvalue weighted by Gasteiger charge is 2.27. The van der Waals surface area contributed by atoms with Crippen molar-refractivity contribution in [3.8, 4) is 0 Å². The molecule has 138 valence electrons. The van der Waals surface area contributed by atoms with Crippen molar-refractivity contribution < 1.29 is 27.9 Å². The van der Waals surface area contributed by atoms with Gasteiger partial charge < -0.3 is 23.8 Å². The second kappa shape index (κ2) is 9.62. The van der Waals surface area contributed by atoms with E-state index in [1.54, 1.807) is 34.6 Å². The Morgan fingerprint density at radius 3 is 2.00 bits per heavy atom. The Balaban J connectivity index is 4.26. The molecular weight excluding hydrogens is 321 g/mol. The van der Waals surface area contributed by atoms with Crippen LogP contribution in [-0.4, -0.2) is 44.4 Å². The molecule has 8 heteroatoms. The molecule has 0 aliphatic carbocycles. The monoisotopic (exact) mass is 353 g/mol. The molecule has 23 heavy (non-hydrogen) atoms. The molecule has 1 amide bonds. The summed E-state index contributed by atoms with van der Waals surface area (Å²) in [6, 6.07) is 0. The molecule has 0 atom stereocenters.